The molecule has 0 aliphatic heterocycles. The van der Waals surface area contributed by atoms with Gasteiger partial charge in [-0.1, -0.05) is 28.1 Å². The van der Waals surface area contributed by atoms with Crippen LogP contribution in [0.25, 0.3) is 6.08 Å². The minimum absolute atomic E-state index is 0.122. The Labute approximate surface area is 187 Å². The molecule has 0 spiro atoms. The van der Waals surface area contributed by atoms with Crippen molar-refractivity contribution in [3.8, 4) is 17.6 Å². The lowest BCUT2D eigenvalue weighted by atomic mass is 10.1. The van der Waals surface area contributed by atoms with Gasteiger partial charge in [0.05, 0.1) is 7.11 Å². The van der Waals surface area contributed by atoms with E-state index in [1.54, 1.807) is 25.3 Å². The van der Waals surface area contributed by atoms with E-state index in [-0.39, 0.29) is 5.57 Å². The molecule has 0 atom stereocenters. The number of hydrogen-bond acceptors (Lipinski definition) is 4. The molecule has 0 saturated carbocycles. The molecule has 0 aliphatic rings. The second kappa shape index (κ2) is 10.4. The lowest BCUT2D eigenvalue weighted by Crippen LogP contribution is -2.13. The number of carbonyl (C=O) groups is 1. The maximum atomic E-state index is 13.1. The molecule has 7 heteroatoms. The van der Waals surface area contributed by atoms with Crippen molar-refractivity contribution in [2.24, 2.45) is 0 Å². The molecule has 0 fully saturated rings. The number of halogens is 2. The van der Waals surface area contributed by atoms with Gasteiger partial charge in [0, 0.05) is 21.8 Å². The number of amides is 1. The van der Waals surface area contributed by atoms with Crippen molar-refractivity contribution in [3.63, 3.8) is 0 Å². The lowest BCUT2D eigenvalue weighted by molar-refractivity contribution is -0.112. The lowest BCUT2D eigenvalue weighted by Gasteiger charge is -2.12. The van der Waals surface area contributed by atoms with Gasteiger partial charge < -0.3 is 14.8 Å². The normalized spacial score (nSPS) is 10.8. The zero-order valence-electron chi connectivity index (χ0n) is 16.6. The maximum Gasteiger partial charge on any atom is 0.266 e. The number of carbonyl (C=O) groups excluding carboxylic acids is 1. The molecular formula is C24H18BrFN2O3. The fourth-order valence-electron chi connectivity index (χ4n) is 2.66. The third-order valence-electron chi connectivity index (χ3n) is 4.30. The van der Waals surface area contributed by atoms with Crippen LogP contribution in [0, 0.1) is 17.1 Å². The van der Waals surface area contributed by atoms with E-state index >= 15 is 0 Å². The van der Waals surface area contributed by atoms with Gasteiger partial charge in [0.1, 0.15) is 35.6 Å². The van der Waals surface area contributed by atoms with Crippen LogP contribution in [0.3, 0.4) is 0 Å². The maximum absolute atomic E-state index is 13.1. The van der Waals surface area contributed by atoms with Crippen molar-refractivity contribution in [2.75, 3.05) is 12.4 Å². The van der Waals surface area contributed by atoms with Crippen LogP contribution in [0.4, 0.5) is 10.1 Å². The second-order valence-corrected chi connectivity index (χ2v) is 7.37. The summed E-state index contributed by atoms with van der Waals surface area (Å²) in [4.78, 5) is 12.5. The predicted octanol–water partition coefficient (Wildman–Crippen LogP) is 5.72. The van der Waals surface area contributed by atoms with Crippen LogP contribution < -0.4 is 14.8 Å². The molecule has 3 aromatic carbocycles. The number of nitrogens with zero attached hydrogens (tertiary/aromatic N) is 1. The predicted molar refractivity (Wildman–Crippen MR) is 120 cm³/mol. The van der Waals surface area contributed by atoms with Crippen LogP contribution in [0.5, 0.6) is 11.5 Å². The molecule has 0 unspecified atom stereocenters. The highest BCUT2D eigenvalue weighted by Gasteiger charge is 2.13. The summed E-state index contributed by atoms with van der Waals surface area (Å²) in [6.45, 7) is 0.297. The molecule has 156 valence electrons. The Kier molecular flexibility index (Phi) is 7.41. The summed E-state index contributed by atoms with van der Waals surface area (Å²) in [5.74, 6) is 0.0189. The van der Waals surface area contributed by atoms with E-state index in [9.17, 15) is 14.4 Å². The topological polar surface area (TPSA) is 71.3 Å². The van der Waals surface area contributed by atoms with Crippen molar-refractivity contribution in [2.45, 2.75) is 6.61 Å². The first kappa shape index (κ1) is 22.1. The van der Waals surface area contributed by atoms with Gasteiger partial charge in [0.25, 0.3) is 5.91 Å². The van der Waals surface area contributed by atoms with Gasteiger partial charge in [-0.3, -0.25) is 4.79 Å². The third-order valence-corrected chi connectivity index (χ3v) is 4.82. The van der Waals surface area contributed by atoms with E-state index in [4.69, 9.17) is 9.47 Å². The molecular weight excluding hydrogens is 463 g/mol. The molecule has 3 aromatic rings. The molecule has 0 aromatic heterocycles. The quantitative estimate of drug-likeness (QED) is 0.346. The zero-order chi connectivity index (χ0) is 22.2. The van der Waals surface area contributed by atoms with E-state index in [0.29, 0.717) is 29.4 Å². The van der Waals surface area contributed by atoms with Gasteiger partial charge in [-0.15, -0.1) is 0 Å². The Morgan fingerprint density at radius 1 is 1.13 bits per heavy atom. The van der Waals surface area contributed by atoms with E-state index in [2.05, 4.69) is 21.2 Å². The first-order chi connectivity index (χ1) is 15.0. The Bertz CT molecular complexity index is 1140. The van der Waals surface area contributed by atoms with Crippen molar-refractivity contribution in [1.29, 1.82) is 5.26 Å². The minimum Gasteiger partial charge on any atom is -0.497 e. The van der Waals surface area contributed by atoms with Crippen LogP contribution >= 0.6 is 15.9 Å². The van der Waals surface area contributed by atoms with Gasteiger partial charge in [0.15, 0.2) is 0 Å². The van der Waals surface area contributed by atoms with Gasteiger partial charge in [0.2, 0.25) is 0 Å². The summed E-state index contributed by atoms with van der Waals surface area (Å²) < 4.78 is 25.2. The molecule has 1 amide bonds. The number of anilines is 1. The van der Waals surface area contributed by atoms with Gasteiger partial charge in [-0.25, -0.2) is 4.39 Å². The third kappa shape index (κ3) is 6.17. The summed E-state index contributed by atoms with van der Waals surface area (Å²) in [7, 11) is 1.54. The molecule has 31 heavy (non-hydrogen) atoms. The number of rotatable bonds is 7. The number of nitrogens with one attached hydrogen (secondary N) is 1. The first-order valence-corrected chi connectivity index (χ1v) is 10.0. The summed E-state index contributed by atoms with van der Waals surface area (Å²) in [6, 6.07) is 20.0. The number of benzene rings is 3. The number of nitriles is 1. The fraction of sp³-hybridized carbons (Fsp3) is 0.0833. The molecule has 5 nitrogen and oxygen atoms in total. The Hall–Kier alpha value is -3.63. The van der Waals surface area contributed by atoms with Crippen LogP contribution in [-0.4, -0.2) is 13.0 Å². The minimum atomic E-state index is -0.608. The number of hydrogen-bond donors (Lipinski definition) is 1. The van der Waals surface area contributed by atoms with E-state index in [0.717, 1.165) is 10.0 Å². The van der Waals surface area contributed by atoms with Gasteiger partial charge in [-0.05, 0) is 60.2 Å². The molecule has 0 bridgehead atoms. The Morgan fingerprint density at radius 2 is 1.84 bits per heavy atom. The monoisotopic (exact) mass is 480 g/mol. The average molecular weight is 481 g/mol. The Morgan fingerprint density at radius 3 is 2.48 bits per heavy atom. The molecule has 0 heterocycles. The SMILES string of the molecule is COc1ccc(/C=C(\C#N)C(=O)Nc2ccc(F)cc2)c(OCc2ccc(Br)cc2)c1. The zero-order valence-corrected chi connectivity index (χ0v) is 18.1. The highest BCUT2D eigenvalue weighted by molar-refractivity contribution is 9.10. The van der Waals surface area contributed by atoms with Crippen LogP contribution in [-0.2, 0) is 11.4 Å². The van der Waals surface area contributed by atoms with Gasteiger partial charge in [-0.2, -0.15) is 5.26 Å². The van der Waals surface area contributed by atoms with Crippen molar-refractivity contribution in [3.05, 3.63) is 93.7 Å². The summed E-state index contributed by atoms with van der Waals surface area (Å²) >= 11 is 3.40. The van der Waals surface area contributed by atoms with Crippen molar-refractivity contribution < 1.29 is 18.7 Å². The number of methoxy groups -OCH3 is 1. The smallest absolute Gasteiger partial charge is 0.266 e. The largest absolute Gasteiger partial charge is 0.497 e. The highest BCUT2D eigenvalue weighted by Crippen LogP contribution is 2.28. The van der Waals surface area contributed by atoms with E-state index in [1.807, 2.05) is 30.3 Å². The van der Waals surface area contributed by atoms with E-state index < -0.39 is 11.7 Å². The summed E-state index contributed by atoms with van der Waals surface area (Å²) in [5, 5.41) is 12.1. The van der Waals surface area contributed by atoms with Crippen LogP contribution in [0.1, 0.15) is 11.1 Å². The first-order valence-electron chi connectivity index (χ1n) is 9.22. The fourth-order valence-corrected chi connectivity index (χ4v) is 2.93. The van der Waals surface area contributed by atoms with E-state index in [1.165, 1.54) is 30.3 Å². The molecule has 1 N–H and O–H groups in total. The van der Waals surface area contributed by atoms with Crippen molar-refractivity contribution in [1.82, 2.24) is 0 Å². The highest BCUT2D eigenvalue weighted by atomic mass is 79.9. The van der Waals surface area contributed by atoms with Crippen LogP contribution in [0.2, 0.25) is 0 Å². The molecule has 3 rings (SSSR count). The summed E-state index contributed by atoms with van der Waals surface area (Å²) in [5.41, 5.74) is 1.76. The van der Waals surface area contributed by atoms with Crippen LogP contribution in [0.15, 0.2) is 76.8 Å². The number of ether oxygens (including phenoxy) is 2. The second-order valence-electron chi connectivity index (χ2n) is 6.45. The molecule has 0 aliphatic carbocycles. The summed E-state index contributed by atoms with van der Waals surface area (Å²) in [6.07, 6.45) is 1.44. The molecule has 0 radical (unpaired) electrons. The standard InChI is InChI=1S/C24H18BrFN2O3/c1-30-22-11-4-17(23(13-22)31-15-16-2-5-19(25)6-3-16)12-18(14-27)24(29)28-21-9-7-20(26)8-10-21/h2-13H,15H2,1H3,(H,28,29)/b18-12+. The average Bonchev–Trinajstić information content (AvgIpc) is 2.79. The van der Waals surface area contributed by atoms with Crippen molar-refractivity contribution >= 4 is 33.6 Å². The van der Waals surface area contributed by atoms with Gasteiger partial charge >= 0.3 is 0 Å². The Balaban J connectivity index is 1.83. The molecule has 0 saturated heterocycles.